The predicted octanol–water partition coefficient (Wildman–Crippen LogP) is 2.39. The SMILES string of the molecule is CC(CN1CCCCC1)Nc1cc(F)c(C(=O)O)cc1N. The number of hydrogen-bond donors (Lipinski definition) is 3. The first-order chi connectivity index (χ1) is 9.97. The van der Waals surface area contributed by atoms with E-state index in [2.05, 4.69) is 10.2 Å². The van der Waals surface area contributed by atoms with E-state index >= 15 is 0 Å². The van der Waals surface area contributed by atoms with Gasteiger partial charge in [-0.25, -0.2) is 9.18 Å². The molecular weight excluding hydrogens is 273 g/mol. The van der Waals surface area contributed by atoms with Crippen molar-refractivity contribution in [3.63, 3.8) is 0 Å². The molecule has 21 heavy (non-hydrogen) atoms. The van der Waals surface area contributed by atoms with Crippen LogP contribution in [-0.2, 0) is 0 Å². The van der Waals surface area contributed by atoms with Gasteiger partial charge in [0.25, 0.3) is 0 Å². The van der Waals surface area contributed by atoms with Gasteiger partial charge >= 0.3 is 5.97 Å². The zero-order valence-electron chi connectivity index (χ0n) is 12.2. The van der Waals surface area contributed by atoms with Crippen LogP contribution in [0, 0.1) is 5.82 Å². The largest absolute Gasteiger partial charge is 0.478 e. The molecule has 0 spiro atoms. The van der Waals surface area contributed by atoms with E-state index in [1.54, 1.807) is 0 Å². The van der Waals surface area contributed by atoms with Gasteiger partial charge < -0.3 is 21.1 Å². The molecule has 0 amide bonds. The van der Waals surface area contributed by atoms with Crippen LogP contribution in [0.3, 0.4) is 0 Å². The second-order valence-electron chi connectivity index (χ2n) is 5.63. The lowest BCUT2D eigenvalue weighted by Crippen LogP contribution is -2.38. The van der Waals surface area contributed by atoms with E-state index in [9.17, 15) is 9.18 Å². The van der Waals surface area contributed by atoms with E-state index in [-0.39, 0.29) is 11.7 Å². The summed E-state index contributed by atoms with van der Waals surface area (Å²) < 4.78 is 13.7. The van der Waals surface area contributed by atoms with Crippen LogP contribution in [0.1, 0.15) is 36.5 Å². The number of piperidine rings is 1. The van der Waals surface area contributed by atoms with Crippen LogP contribution in [0.15, 0.2) is 12.1 Å². The molecular formula is C15H22FN3O2. The number of carbonyl (C=O) groups is 1. The summed E-state index contributed by atoms with van der Waals surface area (Å²) in [5.41, 5.74) is 6.10. The Kier molecular flexibility index (Phi) is 5.01. The molecule has 1 fully saturated rings. The molecule has 1 aromatic carbocycles. The van der Waals surface area contributed by atoms with Crippen LogP contribution in [-0.4, -0.2) is 41.7 Å². The molecule has 2 rings (SSSR count). The van der Waals surface area contributed by atoms with E-state index in [0.29, 0.717) is 5.69 Å². The Morgan fingerprint density at radius 1 is 1.43 bits per heavy atom. The Hall–Kier alpha value is -1.82. The van der Waals surface area contributed by atoms with Crippen molar-refractivity contribution >= 4 is 17.3 Å². The molecule has 6 heteroatoms. The van der Waals surface area contributed by atoms with Gasteiger partial charge in [0.05, 0.1) is 16.9 Å². The summed E-state index contributed by atoms with van der Waals surface area (Å²) in [6.45, 7) is 5.06. The summed E-state index contributed by atoms with van der Waals surface area (Å²) in [7, 11) is 0. The van der Waals surface area contributed by atoms with Crippen molar-refractivity contribution in [3.05, 3.63) is 23.5 Å². The molecule has 0 aromatic heterocycles. The van der Waals surface area contributed by atoms with Gasteiger partial charge in [0.1, 0.15) is 5.82 Å². The van der Waals surface area contributed by atoms with Gasteiger partial charge in [0.2, 0.25) is 0 Å². The highest BCUT2D eigenvalue weighted by Gasteiger charge is 2.17. The van der Waals surface area contributed by atoms with Gasteiger partial charge in [-0.05, 0) is 45.0 Å². The predicted molar refractivity (Wildman–Crippen MR) is 81.1 cm³/mol. The highest BCUT2D eigenvalue weighted by molar-refractivity contribution is 5.90. The van der Waals surface area contributed by atoms with Gasteiger partial charge in [-0.2, -0.15) is 0 Å². The highest BCUT2D eigenvalue weighted by atomic mass is 19.1. The fraction of sp³-hybridized carbons (Fsp3) is 0.533. The van der Waals surface area contributed by atoms with Gasteiger partial charge in [0, 0.05) is 12.6 Å². The summed E-state index contributed by atoms with van der Waals surface area (Å²) in [6, 6.07) is 2.43. The molecule has 5 nitrogen and oxygen atoms in total. The second kappa shape index (κ2) is 6.76. The molecule has 0 radical (unpaired) electrons. The number of benzene rings is 1. The first-order valence-corrected chi connectivity index (χ1v) is 7.28. The van der Waals surface area contributed by atoms with E-state index in [0.717, 1.165) is 31.8 Å². The highest BCUT2D eigenvalue weighted by Crippen LogP contribution is 2.24. The summed E-state index contributed by atoms with van der Waals surface area (Å²) >= 11 is 0. The Morgan fingerprint density at radius 3 is 2.71 bits per heavy atom. The molecule has 116 valence electrons. The number of halogens is 1. The molecule has 0 bridgehead atoms. The lowest BCUT2D eigenvalue weighted by molar-refractivity contribution is 0.0692. The van der Waals surface area contributed by atoms with Crippen molar-refractivity contribution in [1.29, 1.82) is 0 Å². The topological polar surface area (TPSA) is 78.6 Å². The zero-order chi connectivity index (χ0) is 15.4. The number of nitrogen functional groups attached to an aromatic ring is 1. The number of carboxylic acids is 1. The minimum Gasteiger partial charge on any atom is -0.478 e. The summed E-state index contributed by atoms with van der Waals surface area (Å²) in [6.07, 6.45) is 3.72. The Labute approximate surface area is 123 Å². The smallest absolute Gasteiger partial charge is 0.338 e. The molecule has 0 aliphatic carbocycles. The van der Waals surface area contributed by atoms with Crippen LogP contribution >= 0.6 is 0 Å². The van der Waals surface area contributed by atoms with Crippen molar-refractivity contribution in [2.75, 3.05) is 30.7 Å². The van der Waals surface area contributed by atoms with Gasteiger partial charge in [0.15, 0.2) is 0 Å². The molecule has 1 aliphatic rings. The van der Waals surface area contributed by atoms with E-state index in [4.69, 9.17) is 10.8 Å². The van der Waals surface area contributed by atoms with Crippen molar-refractivity contribution in [1.82, 2.24) is 4.90 Å². The van der Waals surface area contributed by atoms with E-state index < -0.39 is 17.3 Å². The number of rotatable bonds is 5. The molecule has 1 aliphatic heterocycles. The van der Waals surface area contributed by atoms with Crippen molar-refractivity contribution in [2.45, 2.75) is 32.2 Å². The molecule has 1 saturated heterocycles. The number of anilines is 2. The van der Waals surface area contributed by atoms with Crippen LogP contribution in [0.4, 0.5) is 15.8 Å². The Balaban J connectivity index is 2.01. The van der Waals surface area contributed by atoms with Gasteiger partial charge in [-0.1, -0.05) is 6.42 Å². The minimum atomic E-state index is -1.31. The zero-order valence-corrected chi connectivity index (χ0v) is 12.2. The van der Waals surface area contributed by atoms with Crippen LogP contribution in [0.2, 0.25) is 0 Å². The number of likely N-dealkylation sites (tertiary alicyclic amines) is 1. The summed E-state index contributed by atoms with van der Waals surface area (Å²) in [5.74, 6) is -2.09. The van der Waals surface area contributed by atoms with Crippen molar-refractivity contribution in [2.24, 2.45) is 0 Å². The number of nitrogens with one attached hydrogen (secondary N) is 1. The van der Waals surface area contributed by atoms with E-state index in [1.807, 2.05) is 6.92 Å². The van der Waals surface area contributed by atoms with Crippen molar-refractivity contribution < 1.29 is 14.3 Å². The van der Waals surface area contributed by atoms with Gasteiger partial charge in [-0.3, -0.25) is 0 Å². The monoisotopic (exact) mass is 295 g/mol. The first-order valence-electron chi connectivity index (χ1n) is 7.28. The third kappa shape index (κ3) is 4.07. The maximum atomic E-state index is 13.7. The quantitative estimate of drug-likeness (QED) is 0.727. The number of hydrogen-bond acceptors (Lipinski definition) is 4. The lowest BCUT2D eigenvalue weighted by atomic mass is 10.1. The van der Waals surface area contributed by atoms with E-state index in [1.165, 1.54) is 19.3 Å². The number of carboxylic acid groups (broad SMARTS) is 1. The average molecular weight is 295 g/mol. The molecule has 1 unspecified atom stereocenters. The fourth-order valence-electron chi connectivity index (χ4n) is 2.72. The molecule has 1 atom stereocenters. The van der Waals surface area contributed by atoms with Crippen molar-refractivity contribution in [3.8, 4) is 0 Å². The molecule has 0 saturated carbocycles. The normalized spacial score (nSPS) is 17.4. The van der Waals surface area contributed by atoms with Crippen LogP contribution in [0.25, 0.3) is 0 Å². The van der Waals surface area contributed by atoms with Crippen LogP contribution in [0.5, 0.6) is 0 Å². The lowest BCUT2D eigenvalue weighted by Gasteiger charge is -2.30. The number of nitrogens with two attached hydrogens (primary N) is 1. The standard InChI is InChI=1S/C15H22FN3O2/c1-10(9-19-5-3-2-4-6-19)18-14-8-12(16)11(15(20)21)7-13(14)17/h7-8,10,18H,2-6,9,17H2,1H3,(H,20,21). The number of aromatic carboxylic acids is 1. The minimum absolute atomic E-state index is 0.112. The Bertz CT molecular complexity index is 516. The third-order valence-corrected chi connectivity index (χ3v) is 3.75. The molecule has 1 aromatic rings. The number of nitrogens with zero attached hydrogens (tertiary/aromatic N) is 1. The first kappa shape index (κ1) is 15.6. The molecule has 4 N–H and O–H groups in total. The maximum Gasteiger partial charge on any atom is 0.338 e. The molecule has 1 heterocycles. The summed E-state index contributed by atoms with van der Waals surface area (Å²) in [4.78, 5) is 13.2. The fourth-order valence-corrected chi connectivity index (χ4v) is 2.72. The Morgan fingerprint density at radius 2 is 2.10 bits per heavy atom. The van der Waals surface area contributed by atoms with Crippen LogP contribution < -0.4 is 11.1 Å². The van der Waals surface area contributed by atoms with Gasteiger partial charge in [-0.15, -0.1) is 0 Å². The second-order valence-corrected chi connectivity index (χ2v) is 5.63. The third-order valence-electron chi connectivity index (χ3n) is 3.75. The maximum absolute atomic E-state index is 13.7. The summed E-state index contributed by atoms with van der Waals surface area (Å²) in [5, 5.41) is 12.0. The average Bonchev–Trinajstić information content (AvgIpc) is 2.43.